The van der Waals surface area contributed by atoms with E-state index >= 15 is 0 Å². The molecule has 0 amide bonds. The summed E-state index contributed by atoms with van der Waals surface area (Å²) in [6.07, 6.45) is -3.04. The van der Waals surface area contributed by atoms with E-state index in [-0.39, 0.29) is 17.9 Å². The van der Waals surface area contributed by atoms with Crippen LogP contribution < -0.4 is 5.32 Å². The average molecular weight is 489 g/mol. The number of anilines is 1. The highest BCUT2D eigenvalue weighted by Crippen LogP contribution is 2.41. The highest BCUT2D eigenvalue weighted by atomic mass is 19.4. The molecule has 182 valence electrons. The molecule has 5 rings (SSSR count). The van der Waals surface area contributed by atoms with E-state index in [1.54, 1.807) is 12.1 Å². The van der Waals surface area contributed by atoms with E-state index in [0.717, 1.165) is 28.2 Å². The molecule has 3 N–H and O–H groups in total. The minimum Gasteiger partial charge on any atom is -0.394 e. The van der Waals surface area contributed by atoms with E-state index in [4.69, 9.17) is 0 Å². The Kier molecular flexibility index (Phi) is 6.20. The maximum Gasteiger partial charge on any atom is 0.417 e. The Balaban J connectivity index is 1.67. The van der Waals surface area contributed by atoms with E-state index < -0.39 is 17.8 Å². The van der Waals surface area contributed by atoms with Crippen LogP contribution in [0.3, 0.4) is 0 Å². The van der Waals surface area contributed by atoms with Crippen molar-refractivity contribution in [1.82, 2.24) is 15.2 Å². The highest BCUT2D eigenvalue weighted by Gasteiger charge is 2.34. The number of aromatic nitrogens is 3. The van der Waals surface area contributed by atoms with Crippen molar-refractivity contribution in [2.75, 3.05) is 11.9 Å². The van der Waals surface area contributed by atoms with Crippen LogP contribution in [0.4, 0.5) is 18.9 Å². The zero-order valence-corrected chi connectivity index (χ0v) is 19.3. The van der Waals surface area contributed by atoms with Gasteiger partial charge in [0, 0.05) is 22.2 Å². The summed E-state index contributed by atoms with van der Waals surface area (Å²) in [6.45, 7) is 1.72. The maximum absolute atomic E-state index is 13.9. The summed E-state index contributed by atoms with van der Waals surface area (Å²) in [4.78, 5) is 4.50. The molecule has 0 aliphatic rings. The molecular formula is C28H23F3N4O. The van der Waals surface area contributed by atoms with Gasteiger partial charge in [-0.15, -0.1) is 0 Å². The summed E-state index contributed by atoms with van der Waals surface area (Å²) in [7, 11) is 0. The number of H-pyrrole nitrogens is 1. The van der Waals surface area contributed by atoms with E-state index in [0.29, 0.717) is 16.8 Å². The van der Waals surface area contributed by atoms with Crippen molar-refractivity contribution in [3.63, 3.8) is 0 Å². The minimum atomic E-state index is -4.53. The van der Waals surface area contributed by atoms with Gasteiger partial charge in [-0.1, -0.05) is 54.6 Å². The van der Waals surface area contributed by atoms with Crippen molar-refractivity contribution in [1.29, 1.82) is 0 Å². The molecule has 0 aliphatic heterocycles. The number of benzene rings is 3. The molecule has 0 radical (unpaired) electrons. The van der Waals surface area contributed by atoms with Crippen LogP contribution in [0.5, 0.6) is 0 Å². The van der Waals surface area contributed by atoms with Crippen LogP contribution in [-0.2, 0) is 6.18 Å². The monoisotopic (exact) mass is 488 g/mol. The number of nitrogens with zero attached hydrogens (tertiary/aromatic N) is 2. The third kappa shape index (κ3) is 4.55. The number of aryl methyl sites for hydroxylation is 1. The van der Waals surface area contributed by atoms with Gasteiger partial charge in [0.05, 0.1) is 41.3 Å². The number of nitrogens with one attached hydrogen (secondary N) is 2. The molecule has 1 atom stereocenters. The molecule has 0 spiro atoms. The van der Waals surface area contributed by atoms with Crippen LogP contribution in [0.1, 0.15) is 22.9 Å². The number of fused-ring (bicyclic) bond motifs is 1. The first-order chi connectivity index (χ1) is 17.3. The summed E-state index contributed by atoms with van der Waals surface area (Å²) < 4.78 is 41.7. The molecule has 8 heteroatoms. The van der Waals surface area contributed by atoms with Crippen molar-refractivity contribution >= 4 is 16.6 Å². The Bertz CT molecular complexity index is 1510. The number of alkyl halides is 3. The van der Waals surface area contributed by atoms with Crippen LogP contribution in [0, 0.1) is 6.92 Å². The normalized spacial score (nSPS) is 12.6. The third-order valence-electron chi connectivity index (χ3n) is 6.16. The lowest BCUT2D eigenvalue weighted by Crippen LogP contribution is -2.15. The van der Waals surface area contributed by atoms with Crippen molar-refractivity contribution in [3.8, 4) is 22.4 Å². The number of pyridine rings is 1. The Morgan fingerprint density at radius 2 is 1.69 bits per heavy atom. The topological polar surface area (TPSA) is 73.8 Å². The van der Waals surface area contributed by atoms with Gasteiger partial charge in [-0.2, -0.15) is 18.3 Å². The molecule has 5 nitrogen and oxygen atoms in total. The number of hydrogen-bond acceptors (Lipinski definition) is 4. The molecule has 0 saturated heterocycles. The van der Waals surface area contributed by atoms with Gasteiger partial charge in [0.25, 0.3) is 0 Å². The fourth-order valence-corrected chi connectivity index (χ4v) is 4.34. The fourth-order valence-electron chi connectivity index (χ4n) is 4.34. The molecular weight excluding hydrogens is 465 g/mol. The standard InChI is InChI=1S/C28H23F3N4O/c1-17-22-13-19(11-12-25(22)35-34-17)23-14-20(33-26(16-36)18-7-3-2-4-8-18)15-32-27(23)21-9-5-6-10-24(21)28(29,30)31/h2-15,26,33,36H,16H2,1H3,(H,34,35). The Labute approximate surface area is 205 Å². The number of aliphatic hydroxyl groups excluding tert-OH is 1. The lowest BCUT2D eigenvalue weighted by Gasteiger charge is -2.20. The minimum absolute atomic E-state index is 0.00247. The van der Waals surface area contributed by atoms with Crippen LogP contribution in [0.25, 0.3) is 33.3 Å². The molecule has 3 aromatic carbocycles. The first-order valence-electron chi connectivity index (χ1n) is 11.4. The molecule has 0 saturated carbocycles. The van der Waals surface area contributed by atoms with Crippen LogP contribution in [0.2, 0.25) is 0 Å². The lowest BCUT2D eigenvalue weighted by atomic mass is 9.94. The summed E-state index contributed by atoms with van der Waals surface area (Å²) in [6, 6.07) is 21.8. The summed E-state index contributed by atoms with van der Waals surface area (Å²) >= 11 is 0. The van der Waals surface area contributed by atoms with Crippen molar-refractivity contribution in [2.24, 2.45) is 0 Å². The van der Waals surface area contributed by atoms with Gasteiger partial charge >= 0.3 is 6.18 Å². The number of rotatable bonds is 6. The highest BCUT2D eigenvalue weighted by molar-refractivity contribution is 5.91. The number of aromatic amines is 1. The molecule has 0 fully saturated rings. The first kappa shape index (κ1) is 23.6. The molecule has 0 bridgehead atoms. The third-order valence-corrected chi connectivity index (χ3v) is 6.16. The van der Waals surface area contributed by atoms with Crippen LogP contribution in [-0.4, -0.2) is 26.9 Å². The molecule has 5 aromatic rings. The quantitative estimate of drug-likeness (QED) is 0.247. The number of halogens is 3. The zero-order chi connectivity index (χ0) is 25.3. The molecule has 2 aromatic heterocycles. The Hall–Kier alpha value is -4.17. The average Bonchev–Trinajstić information content (AvgIpc) is 3.27. The second kappa shape index (κ2) is 9.47. The van der Waals surface area contributed by atoms with Gasteiger partial charge in [0.2, 0.25) is 0 Å². The van der Waals surface area contributed by atoms with Crippen molar-refractivity contribution in [3.05, 3.63) is 102 Å². The second-order valence-corrected chi connectivity index (χ2v) is 8.53. The SMILES string of the molecule is Cc1[nH]nc2ccc(-c3cc(NC(CO)c4ccccc4)cnc3-c3ccccc3C(F)(F)F)cc12. The summed E-state index contributed by atoms with van der Waals surface area (Å²) in [5.41, 5.74) is 3.77. The molecule has 2 heterocycles. The Morgan fingerprint density at radius 1 is 0.944 bits per heavy atom. The second-order valence-electron chi connectivity index (χ2n) is 8.53. The van der Waals surface area contributed by atoms with Crippen molar-refractivity contribution in [2.45, 2.75) is 19.1 Å². The summed E-state index contributed by atoms with van der Waals surface area (Å²) in [5.74, 6) is 0. The molecule has 0 aliphatic carbocycles. The maximum atomic E-state index is 13.9. The number of aliphatic hydroxyl groups is 1. The Morgan fingerprint density at radius 3 is 2.44 bits per heavy atom. The fraction of sp³-hybridized carbons (Fsp3) is 0.143. The van der Waals surface area contributed by atoms with E-state index in [9.17, 15) is 18.3 Å². The van der Waals surface area contributed by atoms with Gasteiger partial charge in [0.1, 0.15) is 0 Å². The van der Waals surface area contributed by atoms with Crippen LogP contribution in [0.15, 0.2) is 85.1 Å². The molecule has 36 heavy (non-hydrogen) atoms. The van der Waals surface area contributed by atoms with E-state index in [1.807, 2.05) is 55.5 Å². The van der Waals surface area contributed by atoms with Crippen molar-refractivity contribution < 1.29 is 18.3 Å². The molecule has 1 unspecified atom stereocenters. The zero-order valence-electron chi connectivity index (χ0n) is 19.3. The van der Waals surface area contributed by atoms with Gasteiger partial charge in [-0.25, -0.2) is 0 Å². The largest absolute Gasteiger partial charge is 0.417 e. The van der Waals surface area contributed by atoms with Crippen LogP contribution >= 0.6 is 0 Å². The first-order valence-corrected chi connectivity index (χ1v) is 11.4. The van der Waals surface area contributed by atoms with E-state index in [2.05, 4.69) is 20.5 Å². The summed E-state index contributed by atoms with van der Waals surface area (Å²) in [5, 5.41) is 21.3. The smallest absolute Gasteiger partial charge is 0.394 e. The van der Waals surface area contributed by atoms with E-state index in [1.165, 1.54) is 18.3 Å². The number of hydrogen-bond donors (Lipinski definition) is 3. The predicted octanol–water partition coefficient (Wildman–Crippen LogP) is 6.76. The van der Waals surface area contributed by atoms with Gasteiger partial charge < -0.3 is 10.4 Å². The lowest BCUT2D eigenvalue weighted by molar-refractivity contribution is -0.137. The van der Waals surface area contributed by atoms with Gasteiger partial charge in [-0.05, 0) is 42.3 Å². The predicted molar refractivity (Wildman–Crippen MR) is 134 cm³/mol. The van der Waals surface area contributed by atoms with Gasteiger partial charge in [0.15, 0.2) is 0 Å². The van der Waals surface area contributed by atoms with Gasteiger partial charge in [-0.3, -0.25) is 10.1 Å².